The zero-order chi connectivity index (χ0) is 9.52. The zero-order valence-corrected chi connectivity index (χ0v) is 10.6. The van der Waals surface area contributed by atoms with E-state index in [1.165, 1.54) is 24.3 Å². The van der Waals surface area contributed by atoms with Crippen molar-refractivity contribution in [2.75, 3.05) is 13.3 Å². The van der Waals surface area contributed by atoms with E-state index in [1.54, 1.807) is 7.11 Å². The van der Waals surface area contributed by atoms with Crippen LogP contribution in [-0.2, 0) is 0 Å². The van der Waals surface area contributed by atoms with Crippen LogP contribution in [0.5, 0.6) is 5.75 Å². The molecule has 0 spiro atoms. The molecule has 1 aromatic carbocycles. The average molecular weight is 233 g/mol. The lowest BCUT2D eigenvalue weighted by molar-refractivity contribution is 0.415. The van der Waals surface area contributed by atoms with Gasteiger partial charge in [-0.15, -0.1) is 12.4 Å². The molecule has 0 fully saturated rings. The summed E-state index contributed by atoms with van der Waals surface area (Å²) in [7, 11) is 2.66. The van der Waals surface area contributed by atoms with E-state index in [9.17, 15) is 0 Å². The lowest BCUT2D eigenvalue weighted by Crippen LogP contribution is -1.95. The van der Waals surface area contributed by atoms with Crippen LogP contribution in [-0.4, -0.2) is 13.3 Å². The van der Waals surface area contributed by atoms with E-state index in [-0.39, 0.29) is 12.4 Å². The maximum atomic E-state index is 5.10. The van der Waals surface area contributed by atoms with Gasteiger partial charge in [0.25, 0.3) is 0 Å². The number of benzene rings is 1. The Morgan fingerprint density at radius 1 is 1.21 bits per heavy atom. The lowest BCUT2D eigenvalue weighted by atomic mass is 10.3. The SMILES string of the molecule is CCCCPc1ccc(OC)cc1.Cl. The summed E-state index contributed by atoms with van der Waals surface area (Å²) < 4.78 is 5.10. The Bertz CT molecular complexity index is 236. The number of hydrogen-bond donors (Lipinski definition) is 0. The second-order valence-electron chi connectivity index (χ2n) is 3.01. The van der Waals surface area contributed by atoms with E-state index in [0.29, 0.717) is 0 Å². The molecule has 0 aliphatic heterocycles. The standard InChI is InChI=1S/C11H17OP.ClH/c1-3-4-9-13-11-7-5-10(12-2)6-8-11;/h5-8,13H,3-4,9H2,1-2H3;1H. The molecule has 1 nitrogen and oxygen atoms in total. The van der Waals surface area contributed by atoms with Crippen LogP contribution in [0.1, 0.15) is 19.8 Å². The third-order valence-corrected chi connectivity index (χ3v) is 3.29. The highest BCUT2D eigenvalue weighted by molar-refractivity contribution is 7.47. The second-order valence-corrected chi connectivity index (χ2v) is 4.44. The van der Waals surface area contributed by atoms with Gasteiger partial charge in [-0.2, -0.15) is 0 Å². The Morgan fingerprint density at radius 2 is 1.86 bits per heavy atom. The van der Waals surface area contributed by atoms with Crippen LogP contribution >= 0.6 is 21.0 Å². The van der Waals surface area contributed by atoms with Crippen LogP contribution in [0.4, 0.5) is 0 Å². The summed E-state index contributed by atoms with van der Waals surface area (Å²) in [5.74, 6) is 0.948. The van der Waals surface area contributed by atoms with Gasteiger partial charge in [-0.1, -0.05) is 34.1 Å². The molecule has 0 aliphatic carbocycles. The molecule has 1 unspecified atom stereocenters. The smallest absolute Gasteiger partial charge is 0.118 e. The molecule has 1 atom stereocenters. The van der Waals surface area contributed by atoms with Crippen molar-refractivity contribution < 1.29 is 4.74 Å². The lowest BCUT2D eigenvalue weighted by Gasteiger charge is -2.02. The molecule has 3 heteroatoms. The van der Waals surface area contributed by atoms with Crippen LogP contribution in [0, 0.1) is 0 Å². The van der Waals surface area contributed by atoms with Crippen molar-refractivity contribution in [3.8, 4) is 5.75 Å². The van der Waals surface area contributed by atoms with E-state index < -0.39 is 0 Å². The van der Waals surface area contributed by atoms with Crippen LogP contribution in [0.15, 0.2) is 24.3 Å². The predicted molar refractivity (Wildman–Crippen MR) is 68.0 cm³/mol. The van der Waals surface area contributed by atoms with E-state index in [0.717, 1.165) is 14.3 Å². The molecular weight excluding hydrogens is 215 g/mol. The van der Waals surface area contributed by atoms with Gasteiger partial charge >= 0.3 is 0 Å². The molecule has 0 N–H and O–H groups in total. The minimum atomic E-state index is 0. The molecule has 0 aliphatic rings. The van der Waals surface area contributed by atoms with Gasteiger partial charge in [0.1, 0.15) is 5.75 Å². The molecule has 0 amide bonds. The number of hydrogen-bond acceptors (Lipinski definition) is 1. The summed E-state index contributed by atoms with van der Waals surface area (Å²) in [6, 6.07) is 8.39. The third kappa shape index (κ3) is 4.83. The fourth-order valence-corrected chi connectivity index (χ4v) is 2.34. The summed E-state index contributed by atoms with van der Waals surface area (Å²) in [5, 5.41) is 1.44. The summed E-state index contributed by atoms with van der Waals surface area (Å²) in [5.41, 5.74) is 0. The van der Waals surface area contributed by atoms with E-state index in [2.05, 4.69) is 19.1 Å². The van der Waals surface area contributed by atoms with Crippen molar-refractivity contribution in [2.45, 2.75) is 19.8 Å². The third-order valence-electron chi connectivity index (χ3n) is 1.95. The first-order valence-corrected chi connectivity index (χ1v) is 5.95. The highest BCUT2D eigenvalue weighted by Gasteiger charge is 1.93. The molecule has 0 radical (unpaired) electrons. The number of rotatable bonds is 5. The molecule has 0 bridgehead atoms. The predicted octanol–water partition coefficient (Wildman–Crippen LogP) is 3.22. The first kappa shape index (κ1) is 13.7. The quantitative estimate of drug-likeness (QED) is 0.560. The number of halogens is 1. The van der Waals surface area contributed by atoms with Gasteiger partial charge in [-0.25, -0.2) is 0 Å². The monoisotopic (exact) mass is 232 g/mol. The van der Waals surface area contributed by atoms with E-state index in [1.807, 2.05) is 12.1 Å². The highest BCUT2D eigenvalue weighted by atomic mass is 35.5. The molecule has 0 saturated carbocycles. The molecule has 14 heavy (non-hydrogen) atoms. The van der Waals surface area contributed by atoms with E-state index >= 15 is 0 Å². The van der Waals surface area contributed by atoms with Crippen molar-refractivity contribution in [2.24, 2.45) is 0 Å². The molecule has 1 aromatic rings. The summed E-state index contributed by atoms with van der Waals surface area (Å²) >= 11 is 0. The Balaban J connectivity index is 0.00000169. The topological polar surface area (TPSA) is 9.23 Å². The van der Waals surface area contributed by atoms with Crippen LogP contribution in [0.2, 0.25) is 0 Å². The van der Waals surface area contributed by atoms with Crippen LogP contribution < -0.4 is 10.0 Å². The summed E-state index contributed by atoms with van der Waals surface area (Å²) in [6.45, 7) is 2.23. The minimum absolute atomic E-state index is 0. The van der Waals surface area contributed by atoms with Crippen molar-refractivity contribution in [3.05, 3.63) is 24.3 Å². The second kappa shape index (κ2) is 8.08. The number of ether oxygens (including phenoxy) is 1. The fraction of sp³-hybridized carbons (Fsp3) is 0.455. The minimum Gasteiger partial charge on any atom is -0.497 e. The Morgan fingerprint density at radius 3 is 2.36 bits per heavy atom. The van der Waals surface area contributed by atoms with Crippen LogP contribution in [0.25, 0.3) is 0 Å². The average Bonchev–Trinajstić information content (AvgIpc) is 2.19. The van der Waals surface area contributed by atoms with Crippen molar-refractivity contribution in [1.82, 2.24) is 0 Å². The van der Waals surface area contributed by atoms with Gasteiger partial charge < -0.3 is 4.74 Å². The first-order chi connectivity index (χ1) is 6.36. The van der Waals surface area contributed by atoms with Gasteiger partial charge in [-0.3, -0.25) is 0 Å². The van der Waals surface area contributed by atoms with Crippen LogP contribution in [0.3, 0.4) is 0 Å². The van der Waals surface area contributed by atoms with Crippen molar-refractivity contribution in [1.29, 1.82) is 0 Å². The van der Waals surface area contributed by atoms with Gasteiger partial charge in [-0.05, 0) is 30.0 Å². The Hall–Kier alpha value is -0.260. The van der Waals surface area contributed by atoms with Gasteiger partial charge in [0.2, 0.25) is 0 Å². The van der Waals surface area contributed by atoms with Gasteiger partial charge in [0.05, 0.1) is 7.11 Å². The number of methoxy groups -OCH3 is 1. The summed E-state index contributed by atoms with van der Waals surface area (Å²) in [4.78, 5) is 0. The van der Waals surface area contributed by atoms with Crippen molar-refractivity contribution >= 4 is 26.3 Å². The highest BCUT2D eigenvalue weighted by Crippen LogP contribution is 2.15. The molecule has 1 rings (SSSR count). The zero-order valence-electron chi connectivity index (χ0n) is 8.75. The fourth-order valence-electron chi connectivity index (χ4n) is 1.12. The molecule has 0 aromatic heterocycles. The van der Waals surface area contributed by atoms with Gasteiger partial charge in [0, 0.05) is 0 Å². The Kier molecular flexibility index (Phi) is 7.93. The normalized spacial score (nSPS) is 10.1. The number of unbranched alkanes of at least 4 members (excludes halogenated alkanes) is 1. The summed E-state index contributed by atoms with van der Waals surface area (Å²) in [6.07, 6.45) is 3.95. The van der Waals surface area contributed by atoms with Crippen molar-refractivity contribution in [3.63, 3.8) is 0 Å². The maximum Gasteiger partial charge on any atom is 0.118 e. The van der Waals surface area contributed by atoms with E-state index in [4.69, 9.17) is 4.74 Å². The molecular formula is C11H18ClOP. The molecule has 0 heterocycles. The van der Waals surface area contributed by atoms with Gasteiger partial charge in [0.15, 0.2) is 0 Å². The first-order valence-electron chi connectivity index (χ1n) is 4.74. The molecule has 80 valence electrons. The maximum absolute atomic E-state index is 5.10. The largest absolute Gasteiger partial charge is 0.497 e. The molecule has 0 saturated heterocycles. The Labute approximate surface area is 94.4 Å².